The number of alkyl halides is 3. The lowest BCUT2D eigenvalue weighted by molar-refractivity contribution is -0.388. The fraction of sp³-hybridized carbons (Fsp3) is 0.519. The molecule has 2 aliphatic heterocycles. The number of hydrogen-bond acceptors (Lipinski definition) is 6. The van der Waals surface area contributed by atoms with Gasteiger partial charge in [0.1, 0.15) is 5.56 Å². The van der Waals surface area contributed by atoms with E-state index in [2.05, 4.69) is 22.0 Å². The predicted octanol–water partition coefficient (Wildman–Crippen LogP) is 5.52. The number of nitrogens with one attached hydrogen (secondary N) is 1. The smallest absolute Gasteiger partial charge is 0.382 e. The van der Waals surface area contributed by atoms with Gasteiger partial charge in [0.25, 0.3) is 5.69 Å². The zero-order chi connectivity index (χ0) is 28.3. The highest BCUT2D eigenvalue weighted by Gasteiger charge is 2.39. The van der Waals surface area contributed by atoms with E-state index in [4.69, 9.17) is 11.6 Å². The van der Waals surface area contributed by atoms with Crippen molar-refractivity contribution in [2.45, 2.75) is 44.9 Å². The van der Waals surface area contributed by atoms with Gasteiger partial charge < -0.3 is 15.1 Å². The number of anilines is 2. The maximum Gasteiger partial charge on any atom is 0.423 e. The molecule has 0 bridgehead atoms. The second-order valence-electron chi connectivity index (χ2n) is 10.3. The minimum absolute atomic E-state index is 0.0709. The van der Waals surface area contributed by atoms with Gasteiger partial charge in [0.05, 0.1) is 10.8 Å². The van der Waals surface area contributed by atoms with Crippen molar-refractivity contribution >= 4 is 34.6 Å². The summed E-state index contributed by atoms with van der Waals surface area (Å²) >= 11 is 6.00. The second kappa shape index (κ2) is 12.0. The molecule has 2 saturated heterocycles. The number of carbonyl (C=O) groups excluding carboxylic acids is 1. The number of benzene rings is 2. The summed E-state index contributed by atoms with van der Waals surface area (Å²) in [6.45, 7) is 8.46. The van der Waals surface area contributed by atoms with E-state index in [1.54, 1.807) is 0 Å². The summed E-state index contributed by atoms with van der Waals surface area (Å²) in [6, 6.07) is 10.7. The van der Waals surface area contributed by atoms with Crippen LogP contribution in [0.25, 0.3) is 0 Å². The summed E-state index contributed by atoms with van der Waals surface area (Å²) in [5.74, 6) is -0.114. The molecule has 8 nitrogen and oxygen atoms in total. The van der Waals surface area contributed by atoms with Crippen LogP contribution in [0.15, 0.2) is 42.5 Å². The molecule has 39 heavy (non-hydrogen) atoms. The van der Waals surface area contributed by atoms with Gasteiger partial charge in [-0.15, -0.1) is 0 Å². The van der Waals surface area contributed by atoms with Gasteiger partial charge in [-0.1, -0.05) is 18.5 Å². The summed E-state index contributed by atoms with van der Waals surface area (Å²) in [5, 5.41) is 14.8. The number of likely N-dealkylation sites (tertiary alicyclic amines) is 1. The number of hydrogen-bond donors (Lipinski definition) is 1. The number of piperidine rings is 1. The van der Waals surface area contributed by atoms with E-state index in [1.807, 2.05) is 36.1 Å². The van der Waals surface area contributed by atoms with E-state index < -0.39 is 22.4 Å². The molecule has 0 spiro atoms. The van der Waals surface area contributed by atoms with Gasteiger partial charge in [0.15, 0.2) is 0 Å². The zero-order valence-corrected chi connectivity index (χ0v) is 22.7. The van der Waals surface area contributed by atoms with Crippen molar-refractivity contribution in [1.29, 1.82) is 0 Å². The fourth-order valence-corrected chi connectivity index (χ4v) is 5.47. The van der Waals surface area contributed by atoms with Gasteiger partial charge >= 0.3 is 6.18 Å². The molecule has 1 N–H and O–H groups in total. The Bertz CT molecular complexity index is 1160. The van der Waals surface area contributed by atoms with E-state index in [0.29, 0.717) is 31.0 Å². The van der Waals surface area contributed by atoms with Crippen LogP contribution in [0.2, 0.25) is 5.02 Å². The Labute approximate surface area is 230 Å². The molecule has 12 heteroatoms. The number of halogens is 4. The van der Waals surface area contributed by atoms with Gasteiger partial charge in [0, 0.05) is 73.8 Å². The highest BCUT2D eigenvalue weighted by atomic mass is 35.5. The molecule has 212 valence electrons. The summed E-state index contributed by atoms with van der Waals surface area (Å²) in [7, 11) is 0. The molecule has 0 aliphatic carbocycles. The number of piperazine rings is 1. The molecular weight excluding hydrogens is 535 g/mol. The van der Waals surface area contributed by atoms with E-state index in [-0.39, 0.29) is 29.6 Å². The van der Waals surface area contributed by atoms with Crippen LogP contribution in [0, 0.1) is 16.0 Å². The van der Waals surface area contributed by atoms with Crippen molar-refractivity contribution < 1.29 is 22.9 Å². The molecule has 2 atom stereocenters. The molecule has 0 saturated carbocycles. The quantitative estimate of drug-likeness (QED) is 0.351. The second-order valence-corrected chi connectivity index (χ2v) is 10.7. The highest BCUT2D eigenvalue weighted by Crippen LogP contribution is 2.38. The van der Waals surface area contributed by atoms with Gasteiger partial charge in [0.2, 0.25) is 5.91 Å². The number of carbonyl (C=O) groups is 1. The largest absolute Gasteiger partial charge is 0.423 e. The van der Waals surface area contributed by atoms with Crippen LogP contribution in [-0.2, 0) is 11.0 Å². The van der Waals surface area contributed by atoms with Crippen LogP contribution in [-0.4, -0.2) is 72.0 Å². The molecule has 2 heterocycles. The minimum Gasteiger partial charge on any atom is -0.382 e. The summed E-state index contributed by atoms with van der Waals surface area (Å²) < 4.78 is 39.9. The molecule has 0 aromatic heterocycles. The van der Waals surface area contributed by atoms with E-state index >= 15 is 0 Å². The van der Waals surface area contributed by atoms with Crippen molar-refractivity contribution in [2.75, 3.05) is 49.5 Å². The Morgan fingerprint density at radius 1 is 1.03 bits per heavy atom. The number of nitro benzene ring substituents is 1. The van der Waals surface area contributed by atoms with Crippen LogP contribution < -0.4 is 10.2 Å². The first kappa shape index (κ1) is 28.9. The summed E-state index contributed by atoms with van der Waals surface area (Å²) in [6.07, 6.45) is -3.68. The van der Waals surface area contributed by atoms with E-state index in [1.165, 1.54) is 6.07 Å². The first-order chi connectivity index (χ1) is 18.4. The summed E-state index contributed by atoms with van der Waals surface area (Å²) in [4.78, 5) is 29.7. The molecular formula is C27H33ClF3N5O3. The average Bonchev–Trinajstić information content (AvgIpc) is 2.92. The average molecular weight is 568 g/mol. The third kappa shape index (κ3) is 6.94. The first-order valence-electron chi connectivity index (χ1n) is 13.1. The van der Waals surface area contributed by atoms with Gasteiger partial charge in [-0.2, -0.15) is 13.2 Å². The first-order valence-corrected chi connectivity index (χ1v) is 13.5. The van der Waals surface area contributed by atoms with Gasteiger partial charge in [-0.25, -0.2) is 0 Å². The van der Waals surface area contributed by atoms with Crippen molar-refractivity contribution in [3.05, 3.63) is 63.2 Å². The zero-order valence-electron chi connectivity index (χ0n) is 22.0. The third-order valence-electron chi connectivity index (χ3n) is 7.87. The number of rotatable bonds is 7. The standard InChI is InChI=1S/C27H33ClF3N5O3/c1-18(19(2)33-13-15-34(16-14-33)23-6-3-20(28)4-7-23)26(37)35-11-9-21(10-12-35)32-22-5-8-25(36(38)39)24(17-22)27(29,30)31/h3-8,17-19,21,32H,9-16H2,1-2H3. The monoisotopic (exact) mass is 567 g/mol. The molecule has 2 unspecified atom stereocenters. The van der Waals surface area contributed by atoms with Crippen LogP contribution >= 0.6 is 11.6 Å². The predicted molar refractivity (Wildman–Crippen MR) is 145 cm³/mol. The van der Waals surface area contributed by atoms with Crippen molar-refractivity contribution in [2.24, 2.45) is 5.92 Å². The maximum atomic E-state index is 13.3. The van der Waals surface area contributed by atoms with Crippen molar-refractivity contribution in [3.63, 3.8) is 0 Å². The molecule has 2 aromatic carbocycles. The minimum atomic E-state index is -4.83. The SMILES string of the molecule is CC(C(=O)N1CCC(Nc2ccc([N+](=O)[O-])c(C(F)(F)F)c2)CC1)C(C)N1CCN(c2ccc(Cl)cc2)CC1. The van der Waals surface area contributed by atoms with Crippen molar-refractivity contribution in [1.82, 2.24) is 9.80 Å². The number of amides is 1. The Morgan fingerprint density at radius 2 is 1.64 bits per heavy atom. The van der Waals surface area contributed by atoms with Crippen LogP contribution in [0.4, 0.5) is 30.2 Å². The normalized spacial score (nSPS) is 19.0. The van der Waals surface area contributed by atoms with Gasteiger partial charge in [-0.3, -0.25) is 19.8 Å². The topological polar surface area (TPSA) is 82.0 Å². The van der Waals surface area contributed by atoms with Crippen LogP contribution in [0.5, 0.6) is 0 Å². The number of nitrogens with zero attached hydrogens (tertiary/aromatic N) is 4. The lowest BCUT2D eigenvalue weighted by atomic mass is 9.97. The Hall–Kier alpha value is -3.05. The Morgan fingerprint density at radius 3 is 2.21 bits per heavy atom. The van der Waals surface area contributed by atoms with Crippen molar-refractivity contribution in [3.8, 4) is 0 Å². The molecule has 1 amide bonds. The lowest BCUT2D eigenvalue weighted by Gasteiger charge is -2.42. The Kier molecular flexibility index (Phi) is 8.90. The lowest BCUT2D eigenvalue weighted by Crippen LogP contribution is -2.54. The van der Waals surface area contributed by atoms with E-state index in [0.717, 1.165) is 44.0 Å². The molecule has 2 fully saturated rings. The fourth-order valence-electron chi connectivity index (χ4n) is 5.34. The van der Waals surface area contributed by atoms with E-state index in [9.17, 15) is 28.1 Å². The molecule has 0 radical (unpaired) electrons. The van der Waals surface area contributed by atoms with Crippen LogP contribution in [0.1, 0.15) is 32.3 Å². The maximum absolute atomic E-state index is 13.3. The van der Waals surface area contributed by atoms with Crippen LogP contribution in [0.3, 0.4) is 0 Å². The van der Waals surface area contributed by atoms with Gasteiger partial charge in [-0.05, 0) is 56.2 Å². The number of nitro groups is 1. The summed E-state index contributed by atoms with van der Waals surface area (Å²) in [5.41, 5.74) is -0.932. The third-order valence-corrected chi connectivity index (χ3v) is 8.12. The highest BCUT2D eigenvalue weighted by molar-refractivity contribution is 6.30. The molecule has 4 rings (SSSR count). The molecule has 2 aromatic rings. The molecule has 2 aliphatic rings. The Balaban J connectivity index is 1.27.